The predicted molar refractivity (Wildman–Crippen MR) is 534 cm³/mol. The Hall–Kier alpha value is -8.57. The third-order valence-electron chi connectivity index (χ3n) is 24.8. The maximum atomic E-state index is 5.49. The summed E-state index contributed by atoms with van der Waals surface area (Å²) in [6, 6.07) is 45.0. The van der Waals surface area contributed by atoms with E-state index in [4.69, 9.17) is 8.94 Å². The van der Waals surface area contributed by atoms with Gasteiger partial charge in [-0.2, -0.15) is 4.37 Å². The molecule has 8 nitrogen and oxygen atoms in total. The minimum absolute atomic E-state index is 0.474. The molecule has 0 radical (unpaired) electrons. The first-order valence-electron chi connectivity index (χ1n) is 46.6. The van der Waals surface area contributed by atoms with Gasteiger partial charge >= 0.3 is 0 Å². The highest BCUT2D eigenvalue weighted by molar-refractivity contribution is 7.17. The van der Waals surface area contributed by atoms with E-state index >= 15 is 0 Å². The zero-order valence-electron chi connectivity index (χ0n) is 81.0. The lowest BCUT2D eigenvalue weighted by Crippen LogP contribution is -2.11. The van der Waals surface area contributed by atoms with Crippen molar-refractivity contribution < 1.29 is 8.94 Å². The highest BCUT2D eigenvalue weighted by Crippen LogP contribution is 2.41. The number of rotatable bonds is 16. The Labute approximate surface area is 744 Å². The van der Waals surface area contributed by atoms with E-state index in [0.29, 0.717) is 94.7 Å². The Kier molecular flexibility index (Phi) is 35.3. The van der Waals surface area contributed by atoms with Gasteiger partial charge in [0.15, 0.2) is 12.0 Å². The second kappa shape index (κ2) is 44.3. The molecule has 16 rings (SSSR count). The molecule has 0 atom stereocenters. The number of fused-ring (bicyclic) bond motifs is 8. The largest absolute Gasteiger partial charge is 0.443 e. The van der Waals surface area contributed by atoms with E-state index in [1.807, 2.05) is 5.51 Å². The first-order valence-corrected chi connectivity index (χ1v) is 48.3. The summed E-state index contributed by atoms with van der Waals surface area (Å²) in [7, 11) is 0. The van der Waals surface area contributed by atoms with Crippen molar-refractivity contribution in [1.29, 1.82) is 0 Å². The normalized spacial score (nSPS) is 12.7. The first kappa shape index (κ1) is 97.2. The van der Waals surface area contributed by atoms with Crippen LogP contribution in [0, 0.1) is 0 Å². The standard InChI is InChI=1S/C16H24.C16H20.C15H22.C13H18N2.2C13H17NO.2C13H17NS/c2*1-11(2)13-9-10-14(12(3)4)16-8-6-5-7-15(13)16;1-10(2)12-8-9-13(11(3)4)15-7-5-6-14(12)15;2*1-8(2)10-5-6-11(9(3)4)13-12(10)14-7-15-13;1-8(2)10-5-6-11(9(3)4)13-12(10)7-15-14-13;1-8(2)10-5-6-11(9(3)4)13-12(10)14-7-15-13;1-8(2)10-5-6-11(9(3)4)13-12(10)7-15-14-13/h9-12H,5-8H2,1-4H3;5-12H,1-4H3;8-11H,5-7H2,1-4H3;5-9H,1-4H3,(H,14,15);4*5-9H,1-4H3. The molecule has 9 aromatic carbocycles. The molecule has 2 aliphatic rings. The number of oxazole rings is 1. The summed E-state index contributed by atoms with van der Waals surface area (Å²) < 4.78 is 16.5. The fourth-order valence-electron chi connectivity index (χ4n) is 18.0. The molecule has 2 aliphatic carbocycles. The second-order valence-corrected chi connectivity index (χ2v) is 40.8. The van der Waals surface area contributed by atoms with Gasteiger partial charge in [-0.05, 0) is 273 Å². The molecule has 0 saturated heterocycles. The van der Waals surface area contributed by atoms with Crippen LogP contribution in [-0.2, 0) is 25.7 Å². The second-order valence-electron chi connectivity index (χ2n) is 39.3. The summed E-state index contributed by atoms with van der Waals surface area (Å²) in [5, 5.41) is 11.6. The van der Waals surface area contributed by atoms with Crippen molar-refractivity contribution >= 4 is 87.8 Å². The van der Waals surface area contributed by atoms with Crippen molar-refractivity contribution in [2.75, 3.05) is 0 Å². The molecule has 122 heavy (non-hydrogen) atoms. The molecule has 5 heterocycles. The lowest BCUT2D eigenvalue weighted by atomic mass is 9.80. The molecule has 14 aromatic rings. The van der Waals surface area contributed by atoms with Gasteiger partial charge in [0.25, 0.3) is 0 Å². The average molecular weight is 1680 g/mol. The molecule has 654 valence electrons. The first-order chi connectivity index (χ1) is 57.9. The van der Waals surface area contributed by atoms with Gasteiger partial charge in [-0.25, -0.2) is 15.0 Å². The Morgan fingerprint density at radius 2 is 0.615 bits per heavy atom. The van der Waals surface area contributed by atoms with Crippen molar-refractivity contribution in [3.05, 3.63) is 262 Å². The molecule has 1 N–H and O–H groups in total. The molecular formula is C112H152N6O2S2. The lowest BCUT2D eigenvalue weighted by Gasteiger charge is -2.25. The van der Waals surface area contributed by atoms with Crippen LogP contribution in [0.4, 0.5) is 0 Å². The van der Waals surface area contributed by atoms with Crippen LogP contribution in [0.1, 0.15) is 447 Å². The van der Waals surface area contributed by atoms with E-state index in [-0.39, 0.29) is 0 Å². The molecule has 0 aliphatic heterocycles. The highest BCUT2D eigenvalue weighted by atomic mass is 32.1. The molecule has 0 bridgehead atoms. The number of thiazole rings is 1. The number of hydrogen-bond donors (Lipinski definition) is 1. The van der Waals surface area contributed by atoms with E-state index in [2.05, 4.69) is 378 Å². The molecule has 10 heteroatoms. The summed E-state index contributed by atoms with van der Waals surface area (Å²) in [6.45, 7) is 71.7. The van der Waals surface area contributed by atoms with Gasteiger partial charge in [-0.1, -0.05) is 348 Å². The minimum atomic E-state index is 0.474. The van der Waals surface area contributed by atoms with Gasteiger partial charge in [0.2, 0.25) is 0 Å². The third-order valence-corrected chi connectivity index (χ3v) is 26.3. The Morgan fingerprint density at radius 3 is 1.03 bits per heavy atom. The average Bonchev–Trinajstić information content (AvgIpc) is 1.65. The van der Waals surface area contributed by atoms with Crippen LogP contribution in [0.5, 0.6) is 0 Å². The van der Waals surface area contributed by atoms with Crippen LogP contribution >= 0.6 is 22.9 Å². The van der Waals surface area contributed by atoms with Crippen molar-refractivity contribution in [2.45, 2.75) is 361 Å². The fourth-order valence-corrected chi connectivity index (χ4v) is 19.7. The number of aromatic amines is 1. The molecule has 0 fully saturated rings. The number of nitrogens with zero attached hydrogens (tertiary/aromatic N) is 5. The van der Waals surface area contributed by atoms with Crippen LogP contribution in [-0.4, -0.2) is 29.5 Å². The highest BCUT2D eigenvalue weighted by Gasteiger charge is 2.24. The quantitative estimate of drug-likeness (QED) is 0.103. The molecule has 0 unspecified atom stereocenters. The zero-order chi connectivity index (χ0) is 89.4. The smallest absolute Gasteiger partial charge is 0.182 e. The van der Waals surface area contributed by atoms with Crippen LogP contribution in [0.15, 0.2) is 160 Å². The van der Waals surface area contributed by atoms with Crippen molar-refractivity contribution in [2.24, 2.45) is 0 Å². The molecule has 0 spiro atoms. The van der Waals surface area contributed by atoms with E-state index < -0.39 is 0 Å². The summed E-state index contributed by atoms with van der Waals surface area (Å²) in [6.07, 6.45) is 14.5. The summed E-state index contributed by atoms with van der Waals surface area (Å²) in [5.74, 6) is 9.15. The van der Waals surface area contributed by atoms with Gasteiger partial charge in [0.05, 0.1) is 38.6 Å². The minimum Gasteiger partial charge on any atom is -0.443 e. The van der Waals surface area contributed by atoms with Crippen molar-refractivity contribution in [3.8, 4) is 0 Å². The van der Waals surface area contributed by atoms with Gasteiger partial charge in [0.1, 0.15) is 17.3 Å². The lowest BCUT2D eigenvalue weighted by molar-refractivity contribution is 0.427. The fraction of sp³-hybridized carbons (Fsp3) is 0.491. The van der Waals surface area contributed by atoms with E-state index in [0.717, 1.165) is 27.5 Å². The maximum Gasteiger partial charge on any atom is 0.182 e. The van der Waals surface area contributed by atoms with Gasteiger partial charge < -0.3 is 13.9 Å². The number of benzene rings is 9. The predicted octanol–water partition coefficient (Wildman–Crippen LogP) is 35.4. The summed E-state index contributed by atoms with van der Waals surface area (Å²) >= 11 is 3.33. The Bertz CT molecular complexity index is 4800. The Morgan fingerprint density at radius 1 is 0.287 bits per heavy atom. The van der Waals surface area contributed by atoms with E-state index in [9.17, 15) is 0 Å². The third kappa shape index (κ3) is 23.3. The Balaban J connectivity index is 0.000000158. The van der Waals surface area contributed by atoms with Crippen molar-refractivity contribution in [1.82, 2.24) is 29.5 Å². The van der Waals surface area contributed by atoms with Gasteiger partial charge in [0, 0.05) is 16.2 Å². The van der Waals surface area contributed by atoms with Gasteiger partial charge in [-0.15, -0.1) is 11.3 Å². The molecule has 0 saturated carbocycles. The zero-order valence-corrected chi connectivity index (χ0v) is 82.6. The van der Waals surface area contributed by atoms with Crippen molar-refractivity contribution in [3.63, 3.8) is 0 Å². The number of H-pyrrole nitrogens is 1. The van der Waals surface area contributed by atoms with E-state index in [1.54, 1.807) is 86.4 Å². The van der Waals surface area contributed by atoms with E-state index in [1.165, 1.54) is 149 Å². The van der Waals surface area contributed by atoms with Crippen LogP contribution < -0.4 is 0 Å². The summed E-state index contributed by atoms with van der Waals surface area (Å²) in [4.78, 5) is 16.5. The molecule has 0 amide bonds. The summed E-state index contributed by atoms with van der Waals surface area (Å²) in [5.41, 5.74) is 39.1. The number of hydrogen-bond acceptors (Lipinski definition) is 9. The number of imidazole rings is 1. The number of aromatic nitrogens is 6. The van der Waals surface area contributed by atoms with Gasteiger partial charge in [-0.3, -0.25) is 0 Å². The monoisotopic (exact) mass is 1680 g/mol. The van der Waals surface area contributed by atoms with Crippen LogP contribution in [0.2, 0.25) is 0 Å². The maximum absolute atomic E-state index is 5.49. The topological polar surface area (TPSA) is 107 Å². The molecule has 5 aromatic heterocycles. The van der Waals surface area contributed by atoms with Crippen LogP contribution in [0.3, 0.4) is 0 Å². The van der Waals surface area contributed by atoms with Crippen LogP contribution in [0.25, 0.3) is 64.9 Å². The molecular weight excluding hydrogens is 1530 g/mol. The SMILES string of the molecule is CC(C)c1ccc(C(C)C)c2[nH]cnc12.CC(C)c1ccc(C(C)C)c2c1CCC2.CC(C)c1ccc(C(C)C)c2c1CCCC2.CC(C)c1ccc(C(C)C)c2ccccc12.CC(C)c1ccc(C(C)C)c2nocc12.CC(C)c1ccc(C(C)C)c2nscc12.CC(C)c1ccc(C(C)C)c2ocnc12.CC(C)c1ccc(C(C)C)c2scnc12. The number of nitrogens with one attached hydrogen (secondary N) is 1.